The number of halogens is 2. The highest BCUT2D eigenvalue weighted by Gasteiger charge is 2.17. The third kappa shape index (κ3) is 3.10. The second-order valence-electron chi connectivity index (χ2n) is 3.23. The molecule has 4 nitrogen and oxygen atoms in total. The van der Waals surface area contributed by atoms with Gasteiger partial charge in [0.15, 0.2) is 0 Å². The molecule has 88 valence electrons. The average molecular weight is 309 g/mol. The molecule has 0 saturated carbocycles. The first kappa shape index (κ1) is 13.3. The minimum absolute atomic E-state index is 0.0376. The van der Waals surface area contributed by atoms with E-state index >= 15 is 0 Å². The topological polar surface area (TPSA) is 72.5 Å². The van der Waals surface area contributed by atoms with E-state index in [0.29, 0.717) is 15.1 Å². The molecule has 0 amide bonds. The Labute approximate surface area is 106 Å². The van der Waals surface area contributed by atoms with Crippen LogP contribution in [0.15, 0.2) is 16.6 Å². The summed E-state index contributed by atoms with van der Waals surface area (Å²) in [6, 6.07) is 2.21. The molecule has 3 N–H and O–H groups in total. The molecular weight excluding hydrogens is 297 g/mol. The van der Waals surface area contributed by atoms with E-state index < -0.39 is 12.0 Å². The van der Waals surface area contributed by atoms with Crippen molar-refractivity contribution in [3.05, 3.63) is 27.2 Å². The van der Waals surface area contributed by atoms with Gasteiger partial charge in [-0.25, -0.2) is 0 Å². The number of hydrogen-bond acceptors (Lipinski definition) is 4. The van der Waals surface area contributed by atoms with Gasteiger partial charge in [0.05, 0.1) is 12.1 Å². The molecular formula is C10H11BrClNO3. The van der Waals surface area contributed by atoms with Crippen molar-refractivity contribution in [2.24, 2.45) is 5.73 Å². The summed E-state index contributed by atoms with van der Waals surface area (Å²) in [4.78, 5) is 11.1. The number of rotatable bonds is 3. The smallest absolute Gasteiger partial charge is 0.322 e. The van der Waals surface area contributed by atoms with Crippen LogP contribution in [0, 0.1) is 0 Å². The van der Waals surface area contributed by atoms with E-state index in [9.17, 15) is 9.90 Å². The van der Waals surface area contributed by atoms with Crippen molar-refractivity contribution < 1.29 is 14.6 Å². The second kappa shape index (κ2) is 5.52. The Hall–Kier alpha value is -0.780. The van der Waals surface area contributed by atoms with Gasteiger partial charge in [-0.1, -0.05) is 11.6 Å². The Bertz CT molecular complexity index is 411. The van der Waals surface area contributed by atoms with Crippen LogP contribution < -0.4 is 5.73 Å². The summed E-state index contributed by atoms with van der Waals surface area (Å²) >= 11 is 9.04. The van der Waals surface area contributed by atoms with Crippen molar-refractivity contribution in [3.63, 3.8) is 0 Å². The SMILES string of the molecule is COC(=O)C(N)Cc1cc(Cl)c(Br)cc1O. The number of methoxy groups -OCH3 is 1. The van der Waals surface area contributed by atoms with Crippen molar-refractivity contribution in [3.8, 4) is 5.75 Å². The quantitative estimate of drug-likeness (QED) is 0.836. The normalized spacial score (nSPS) is 12.2. The van der Waals surface area contributed by atoms with E-state index in [1.165, 1.54) is 13.2 Å². The summed E-state index contributed by atoms with van der Waals surface area (Å²) in [5, 5.41) is 10.1. The molecule has 0 aliphatic rings. The zero-order chi connectivity index (χ0) is 12.3. The predicted octanol–water partition coefficient (Wildman–Crippen LogP) is 1.85. The molecule has 0 aliphatic carbocycles. The maximum Gasteiger partial charge on any atom is 0.322 e. The molecule has 0 aromatic heterocycles. The maximum absolute atomic E-state index is 11.1. The van der Waals surface area contributed by atoms with Gasteiger partial charge in [0, 0.05) is 10.9 Å². The molecule has 0 bridgehead atoms. The van der Waals surface area contributed by atoms with E-state index in [-0.39, 0.29) is 12.2 Å². The molecule has 0 spiro atoms. The van der Waals surface area contributed by atoms with Crippen LogP contribution in [-0.2, 0) is 16.0 Å². The van der Waals surface area contributed by atoms with Crippen LogP contribution in [0.3, 0.4) is 0 Å². The molecule has 1 atom stereocenters. The maximum atomic E-state index is 11.1. The zero-order valence-corrected chi connectivity index (χ0v) is 10.9. The van der Waals surface area contributed by atoms with Crippen LogP contribution in [0.5, 0.6) is 5.75 Å². The van der Waals surface area contributed by atoms with E-state index in [4.69, 9.17) is 17.3 Å². The summed E-state index contributed by atoms with van der Waals surface area (Å²) in [5.41, 5.74) is 6.08. The average Bonchev–Trinajstić information content (AvgIpc) is 2.24. The molecule has 1 unspecified atom stereocenters. The molecule has 0 aliphatic heterocycles. The predicted molar refractivity (Wildman–Crippen MR) is 64.5 cm³/mol. The first-order valence-electron chi connectivity index (χ1n) is 4.46. The fourth-order valence-corrected chi connectivity index (χ4v) is 1.73. The van der Waals surface area contributed by atoms with Gasteiger partial charge in [0.25, 0.3) is 0 Å². The number of benzene rings is 1. The molecule has 0 radical (unpaired) electrons. The summed E-state index contributed by atoms with van der Waals surface area (Å²) < 4.78 is 5.08. The van der Waals surface area contributed by atoms with E-state index in [1.54, 1.807) is 6.07 Å². The molecule has 6 heteroatoms. The fourth-order valence-electron chi connectivity index (χ4n) is 1.21. The van der Waals surface area contributed by atoms with Crippen LogP contribution >= 0.6 is 27.5 Å². The molecule has 0 heterocycles. The van der Waals surface area contributed by atoms with Crippen molar-refractivity contribution in [1.29, 1.82) is 0 Å². The Morgan fingerprint density at radius 2 is 2.31 bits per heavy atom. The summed E-state index contributed by atoms with van der Waals surface area (Å²) in [6.07, 6.45) is 0.172. The minimum Gasteiger partial charge on any atom is -0.508 e. The van der Waals surface area contributed by atoms with E-state index in [2.05, 4.69) is 20.7 Å². The number of phenolic OH excluding ortho intramolecular Hbond substituents is 1. The Morgan fingerprint density at radius 1 is 1.69 bits per heavy atom. The van der Waals surface area contributed by atoms with Gasteiger partial charge in [-0.15, -0.1) is 0 Å². The molecule has 0 saturated heterocycles. The lowest BCUT2D eigenvalue weighted by molar-refractivity contribution is -0.142. The Morgan fingerprint density at radius 3 is 2.88 bits per heavy atom. The lowest BCUT2D eigenvalue weighted by Crippen LogP contribution is -2.33. The molecule has 1 rings (SSSR count). The molecule has 16 heavy (non-hydrogen) atoms. The Balaban J connectivity index is 2.89. The number of carbonyl (C=O) groups excluding carboxylic acids is 1. The van der Waals surface area contributed by atoms with E-state index in [1.807, 2.05) is 0 Å². The van der Waals surface area contributed by atoms with Crippen LogP contribution in [0.1, 0.15) is 5.56 Å². The number of phenols is 1. The van der Waals surface area contributed by atoms with Gasteiger partial charge >= 0.3 is 5.97 Å². The number of carbonyl (C=O) groups is 1. The van der Waals surface area contributed by atoms with Crippen molar-refractivity contribution in [1.82, 2.24) is 0 Å². The third-order valence-electron chi connectivity index (χ3n) is 2.07. The lowest BCUT2D eigenvalue weighted by atomic mass is 10.1. The summed E-state index contributed by atoms with van der Waals surface area (Å²) in [6.45, 7) is 0. The second-order valence-corrected chi connectivity index (χ2v) is 4.49. The van der Waals surface area contributed by atoms with Gasteiger partial charge in [0.2, 0.25) is 0 Å². The van der Waals surface area contributed by atoms with Crippen molar-refractivity contribution >= 4 is 33.5 Å². The van der Waals surface area contributed by atoms with Crippen LogP contribution in [0.25, 0.3) is 0 Å². The standard InChI is InChI=1S/C10H11BrClNO3/c1-16-10(15)8(13)3-5-2-7(12)6(11)4-9(5)14/h2,4,8,14H,3,13H2,1H3. The first-order chi connectivity index (χ1) is 7.45. The van der Waals surface area contributed by atoms with Gasteiger partial charge in [0.1, 0.15) is 11.8 Å². The number of aromatic hydroxyl groups is 1. The largest absolute Gasteiger partial charge is 0.508 e. The van der Waals surface area contributed by atoms with Crippen molar-refractivity contribution in [2.45, 2.75) is 12.5 Å². The van der Waals surface area contributed by atoms with Gasteiger partial charge < -0.3 is 15.6 Å². The Kier molecular flexibility index (Phi) is 4.58. The van der Waals surface area contributed by atoms with Crippen LogP contribution in [0.4, 0.5) is 0 Å². The summed E-state index contributed by atoms with van der Waals surface area (Å²) in [7, 11) is 1.26. The number of esters is 1. The third-order valence-corrected chi connectivity index (χ3v) is 3.26. The fraction of sp³-hybridized carbons (Fsp3) is 0.300. The van der Waals surface area contributed by atoms with Crippen LogP contribution in [-0.4, -0.2) is 24.2 Å². The monoisotopic (exact) mass is 307 g/mol. The highest BCUT2D eigenvalue weighted by Crippen LogP contribution is 2.30. The molecule has 1 aromatic rings. The van der Waals surface area contributed by atoms with Crippen LogP contribution in [0.2, 0.25) is 5.02 Å². The van der Waals surface area contributed by atoms with Gasteiger partial charge in [-0.3, -0.25) is 4.79 Å². The van der Waals surface area contributed by atoms with Gasteiger partial charge in [-0.2, -0.15) is 0 Å². The van der Waals surface area contributed by atoms with E-state index in [0.717, 1.165) is 0 Å². The van der Waals surface area contributed by atoms with Crippen molar-refractivity contribution in [2.75, 3.05) is 7.11 Å². The highest BCUT2D eigenvalue weighted by atomic mass is 79.9. The number of ether oxygens (including phenoxy) is 1. The first-order valence-corrected chi connectivity index (χ1v) is 5.63. The summed E-state index contributed by atoms with van der Waals surface area (Å²) in [5.74, 6) is -0.492. The zero-order valence-electron chi connectivity index (χ0n) is 8.54. The highest BCUT2D eigenvalue weighted by molar-refractivity contribution is 9.10. The lowest BCUT2D eigenvalue weighted by Gasteiger charge is -2.11. The minimum atomic E-state index is -0.812. The number of nitrogens with two attached hydrogens (primary N) is 1. The van der Waals surface area contributed by atoms with Gasteiger partial charge in [-0.05, 0) is 33.6 Å². The molecule has 1 aromatic carbocycles. The molecule has 0 fully saturated rings. The number of hydrogen-bond donors (Lipinski definition) is 2.